The molecule has 0 amide bonds. The minimum Gasteiger partial charge on any atom is -0.492 e. The van der Waals surface area contributed by atoms with Gasteiger partial charge in [0.15, 0.2) is 0 Å². The van der Waals surface area contributed by atoms with Crippen molar-refractivity contribution in [2.75, 3.05) is 32.8 Å². The molecule has 1 spiro atoms. The number of β-amino-alcohol motifs (C(OH)–C–C–N with tert-alkyl or cyclic N) is 1. The maximum atomic E-state index is 12.7. The lowest BCUT2D eigenvalue weighted by molar-refractivity contribution is 0.0438. The van der Waals surface area contributed by atoms with E-state index in [-0.39, 0.29) is 23.8 Å². The molecular weight excluding hydrogens is 384 g/mol. The first kappa shape index (κ1) is 21.5. The van der Waals surface area contributed by atoms with Gasteiger partial charge in [-0.25, -0.2) is 13.1 Å². The lowest BCUT2D eigenvalue weighted by Gasteiger charge is -2.36. The van der Waals surface area contributed by atoms with Crippen molar-refractivity contribution in [2.24, 2.45) is 5.41 Å². The summed E-state index contributed by atoms with van der Waals surface area (Å²) in [6.45, 7) is 3.66. The molecule has 2 aliphatic rings. The first-order valence-electron chi connectivity index (χ1n) is 9.73. The second kappa shape index (κ2) is 8.64. The van der Waals surface area contributed by atoms with E-state index in [9.17, 15) is 23.7 Å². The van der Waals surface area contributed by atoms with Crippen molar-refractivity contribution < 1.29 is 28.5 Å². The van der Waals surface area contributed by atoms with Gasteiger partial charge >= 0.3 is 0 Å². The number of benzene rings is 1. The highest BCUT2D eigenvalue weighted by molar-refractivity contribution is 7.89. The minimum atomic E-state index is -3.84. The molecule has 28 heavy (non-hydrogen) atoms. The number of nitrogens with zero attached hydrogens (tertiary/aromatic N) is 1. The molecule has 0 bridgehead atoms. The number of para-hydroxylation sites is 1. The van der Waals surface area contributed by atoms with Crippen LogP contribution in [0.1, 0.15) is 26.2 Å². The summed E-state index contributed by atoms with van der Waals surface area (Å²) in [6.07, 6.45) is -0.975. The van der Waals surface area contributed by atoms with Crippen LogP contribution in [0.15, 0.2) is 29.2 Å². The Morgan fingerprint density at radius 1 is 1.21 bits per heavy atom. The zero-order valence-electron chi connectivity index (χ0n) is 16.1. The summed E-state index contributed by atoms with van der Waals surface area (Å²) in [7, 11) is -3.84. The molecular formula is C19H30N2O6S. The Kier molecular flexibility index (Phi) is 6.63. The van der Waals surface area contributed by atoms with Gasteiger partial charge < -0.3 is 25.0 Å². The Bertz CT molecular complexity index is 761. The van der Waals surface area contributed by atoms with Crippen molar-refractivity contribution in [3.05, 3.63) is 24.3 Å². The number of hydrogen-bond acceptors (Lipinski definition) is 7. The minimum absolute atomic E-state index is 0.0161. The number of rotatable bonds is 2. The molecule has 1 heterocycles. The summed E-state index contributed by atoms with van der Waals surface area (Å²) in [5.74, 6) is 0.224. The molecule has 9 heteroatoms. The molecule has 158 valence electrons. The third-order valence-electron chi connectivity index (χ3n) is 5.48. The number of aliphatic hydroxyl groups is 3. The smallest absolute Gasteiger partial charge is 0.244 e. The zero-order chi connectivity index (χ0) is 20.4. The maximum Gasteiger partial charge on any atom is 0.244 e. The Balaban J connectivity index is 1.96. The largest absolute Gasteiger partial charge is 0.492 e. The fourth-order valence-electron chi connectivity index (χ4n) is 4.23. The lowest BCUT2D eigenvalue weighted by Crippen LogP contribution is -2.47. The number of hydrogen-bond donors (Lipinski definition) is 4. The van der Waals surface area contributed by atoms with E-state index in [1.807, 2.05) is 6.92 Å². The van der Waals surface area contributed by atoms with Crippen LogP contribution < -0.4 is 9.46 Å². The second-order valence-corrected chi connectivity index (χ2v) is 9.75. The first-order chi connectivity index (χ1) is 13.2. The average Bonchev–Trinajstić information content (AvgIpc) is 2.92. The normalized spacial score (nSPS) is 34.2. The number of fused-ring (bicyclic) bond motifs is 1. The summed E-state index contributed by atoms with van der Waals surface area (Å²) in [6, 6.07) is 6.37. The Hall–Kier alpha value is -1.23. The molecule has 4 N–H and O–H groups in total. The molecule has 0 radical (unpaired) electrons. The molecule has 1 aromatic rings. The van der Waals surface area contributed by atoms with E-state index >= 15 is 0 Å². The molecule has 3 rings (SSSR count). The van der Waals surface area contributed by atoms with Crippen LogP contribution >= 0.6 is 0 Å². The third kappa shape index (κ3) is 4.84. The number of nitrogens with one attached hydrogen (secondary N) is 1. The number of aliphatic hydroxyl groups excluding tert-OH is 3. The quantitative estimate of drug-likeness (QED) is 0.535. The topological polar surface area (TPSA) is 119 Å². The highest BCUT2D eigenvalue weighted by Crippen LogP contribution is 2.40. The van der Waals surface area contributed by atoms with Crippen LogP contribution in [-0.4, -0.2) is 79.7 Å². The van der Waals surface area contributed by atoms with E-state index in [4.69, 9.17) is 4.74 Å². The van der Waals surface area contributed by atoms with E-state index in [0.717, 1.165) is 6.42 Å². The van der Waals surface area contributed by atoms with Crippen LogP contribution in [0.3, 0.4) is 0 Å². The highest BCUT2D eigenvalue weighted by atomic mass is 32.2. The third-order valence-corrected chi connectivity index (χ3v) is 6.94. The predicted molar refractivity (Wildman–Crippen MR) is 104 cm³/mol. The molecule has 0 aromatic heterocycles. The van der Waals surface area contributed by atoms with Crippen LogP contribution in [0, 0.1) is 5.41 Å². The van der Waals surface area contributed by atoms with Crippen molar-refractivity contribution in [1.82, 2.24) is 9.62 Å². The van der Waals surface area contributed by atoms with E-state index in [2.05, 4.69) is 9.62 Å². The highest BCUT2D eigenvalue weighted by Gasteiger charge is 2.46. The Morgan fingerprint density at radius 3 is 2.57 bits per heavy atom. The molecule has 1 fully saturated rings. The summed E-state index contributed by atoms with van der Waals surface area (Å²) in [5, 5.41) is 30.7. The van der Waals surface area contributed by atoms with Gasteiger partial charge in [0.1, 0.15) is 10.6 Å². The summed E-state index contributed by atoms with van der Waals surface area (Å²) in [4.78, 5) is 2.07. The predicted octanol–water partition coefficient (Wildman–Crippen LogP) is -0.0678. The standard InChI is InChI=1S/C19H30N2O6S/c1-2-7-21-11-14(22)10-20-28(25,26)18-6-4-3-5-17(18)27-13-19(12-21)8-15(23)16(24)9-19/h3-6,14-16,20,22-24H,2,7-13H2,1H3/t14-,15-,16+,19?/m0/s1. The van der Waals surface area contributed by atoms with Crippen LogP contribution in [0.4, 0.5) is 0 Å². The van der Waals surface area contributed by atoms with Gasteiger partial charge in [0.25, 0.3) is 0 Å². The molecule has 1 saturated carbocycles. The second-order valence-electron chi connectivity index (χ2n) is 8.02. The average molecular weight is 415 g/mol. The molecule has 8 nitrogen and oxygen atoms in total. The van der Waals surface area contributed by atoms with E-state index in [1.165, 1.54) is 6.07 Å². The van der Waals surface area contributed by atoms with E-state index < -0.39 is 33.8 Å². The zero-order valence-corrected chi connectivity index (χ0v) is 16.9. The van der Waals surface area contributed by atoms with Crippen LogP contribution in [0.25, 0.3) is 0 Å². The van der Waals surface area contributed by atoms with Crippen molar-refractivity contribution in [3.8, 4) is 5.75 Å². The van der Waals surface area contributed by atoms with Gasteiger partial charge in [0.2, 0.25) is 10.0 Å². The number of ether oxygens (including phenoxy) is 1. The van der Waals surface area contributed by atoms with E-state index in [0.29, 0.717) is 32.5 Å². The van der Waals surface area contributed by atoms with Crippen molar-refractivity contribution in [3.63, 3.8) is 0 Å². The van der Waals surface area contributed by atoms with Gasteiger partial charge in [0, 0.05) is 25.0 Å². The van der Waals surface area contributed by atoms with Crippen molar-refractivity contribution in [2.45, 2.75) is 49.4 Å². The molecule has 4 atom stereocenters. The van der Waals surface area contributed by atoms with Gasteiger partial charge in [-0.15, -0.1) is 0 Å². The first-order valence-corrected chi connectivity index (χ1v) is 11.2. The van der Waals surface area contributed by atoms with Gasteiger partial charge in [-0.1, -0.05) is 19.1 Å². The summed E-state index contributed by atoms with van der Waals surface area (Å²) < 4.78 is 33.8. The molecule has 1 aliphatic carbocycles. The fourth-order valence-corrected chi connectivity index (χ4v) is 5.45. The molecule has 1 aliphatic heterocycles. The van der Waals surface area contributed by atoms with Crippen LogP contribution in [0.2, 0.25) is 0 Å². The summed E-state index contributed by atoms with van der Waals surface area (Å²) >= 11 is 0. The van der Waals surface area contributed by atoms with Crippen LogP contribution in [0.5, 0.6) is 5.75 Å². The van der Waals surface area contributed by atoms with E-state index in [1.54, 1.807) is 18.2 Å². The molecule has 1 unspecified atom stereocenters. The van der Waals surface area contributed by atoms with Crippen molar-refractivity contribution in [1.29, 1.82) is 0 Å². The monoisotopic (exact) mass is 414 g/mol. The lowest BCUT2D eigenvalue weighted by atomic mass is 9.85. The Morgan fingerprint density at radius 2 is 1.89 bits per heavy atom. The van der Waals surface area contributed by atoms with Crippen molar-refractivity contribution >= 4 is 10.0 Å². The number of sulfonamides is 1. The molecule has 1 aromatic carbocycles. The van der Waals surface area contributed by atoms with Crippen LogP contribution in [-0.2, 0) is 10.0 Å². The maximum absolute atomic E-state index is 12.7. The van der Waals surface area contributed by atoms with Gasteiger partial charge in [-0.2, -0.15) is 0 Å². The fraction of sp³-hybridized carbons (Fsp3) is 0.684. The SMILES string of the molecule is CCCN1C[C@@H](O)CNS(=O)(=O)c2ccccc2OCC2(C[C@@H](O)[C@@H](O)C2)C1. The van der Waals surface area contributed by atoms with Gasteiger partial charge in [-0.3, -0.25) is 0 Å². The van der Waals surface area contributed by atoms with Gasteiger partial charge in [-0.05, 0) is 37.9 Å². The Labute approximate surface area is 166 Å². The summed E-state index contributed by atoms with van der Waals surface area (Å²) in [5.41, 5.74) is -0.531. The molecule has 0 saturated heterocycles. The van der Waals surface area contributed by atoms with Gasteiger partial charge in [0.05, 0.1) is 24.9 Å².